The monoisotopic (exact) mass is 421 g/mol. The van der Waals surface area contributed by atoms with Crippen molar-refractivity contribution in [1.29, 1.82) is 0 Å². The van der Waals surface area contributed by atoms with Gasteiger partial charge in [-0.25, -0.2) is 14.1 Å². The fourth-order valence-corrected chi connectivity index (χ4v) is 3.93. The van der Waals surface area contributed by atoms with Gasteiger partial charge in [0.2, 0.25) is 5.82 Å². The molecule has 3 aromatic rings. The number of amides is 1. The second-order valence-electron chi connectivity index (χ2n) is 6.61. The third-order valence-corrected chi connectivity index (χ3v) is 5.75. The molecule has 1 aliphatic heterocycles. The average molecular weight is 422 g/mol. The number of halogens is 2. The van der Waals surface area contributed by atoms with Crippen LogP contribution in [0.15, 0.2) is 41.8 Å². The Morgan fingerprint density at radius 2 is 2.11 bits per heavy atom. The Hall–Kier alpha value is -2.29. The van der Waals surface area contributed by atoms with Crippen LogP contribution < -0.4 is 5.32 Å². The van der Waals surface area contributed by atoms with Crippen molar-refractivity contribution < 1.29 is 9.18 Å². The molecule has 1 fully saturated rings. The van der Waals surface area contributed by atoms with E-state index in [1.165, 1.54) is 23.5 Å². The summed E-state index contributed by atoms with van der Waals surface area (Å²) >= 11 is 1.50. The SMILES string of the molecule is CC1NCCN(C(=O)c2nc(-c3cccs3)n(-c3cccc(F)c3)n2)C1C.Cl. The van der Waals surface area contributed by atoms with E-state index in [1.807, 2.05) is 24.4 Å². The fourth-order valence-electron chi connectivity index (χ4n) is 3.23. The number of piperazine rings is 1. The first-order valence-electron chi connectivity index (χ1n) is 8.86. The summed E-state index contributed by atoms with van der Waals surface area (Å²) in [5.74, 6) is 0.0970. The molecule has 28 heavy (non-hydrogen) atoms. The highest BCUT2D eigenvalue weighted by molar-refractivity contribution is 7.13. The standard InChI is InChI=1S/C19H20FN5OS.ClH/c1-12-13(2)24(9-8-21-12)19(26)17-22-18(16-7-4-10-27-16)25(23-17)15-6-3-5-14(20)11-15;/h3-7,10-13,21H,8-9H2,1-2H3;1H. The number of carbonyl (C=O) groups excluding carboxylic acids is 1. The fraction of sp³-hybridized carbons (Fsp3) is 0.316. The van der Waals surface area contributed by atoms with Crippen LogP contribution in [0.2, 0.25) is 0 Å². The van der Waals surface area contributed by atoms with E-state index in [0.29, 0.717) is 18.1 Å². The van der Waals surface area contributed by atoms with Gasteiger partial charge in [-0.15, -0.1) is 28.8 Å². The lowest BCUT2D eigenvalue weighted by Gasteiger charge is -2.37. The van der Waals surface area contributed by atoms with Crippen molar-refractivity contribution in [2.75, 3.05) is 13.1 Å². The molecule has 0 radical (unpaired) electrons. The number of nitrogens with zero attached hydrogens (tertiary/aromatic N) is 4. The predicted octanol–water partition coefficient (Wildman–Crippen LogP) is 3.38. The maximum Gasteiger partial charge on any atom is 0.293 e. The molecular weight excluding hydrogens is 401 g/mol. The average Bonchev–Trinajstić information content (AvgIpc) is 3.33. The molecule has 9 heteroatoms. The number of hydrogen-bond acceptors (Lipinski definition) is 5. The Morgan fingerprint density at radius 3 is 2.82 bits per heavy atom. The molecule has 4 rings (SSSR count). The molecule has 0 saturated carbocycles. The van der Waals surface area contributed by atoms with Crippen molar-refractivity contribution in [2.45, 2.75) is 25.9 Å². The van der Waals surface area contributed by atoms with Crippen LogP contribution in [0.25, 0.3) is 16.4 Å². The Balaban J connectivity index is 0.00000225. The Labute approximate surface area is 172 Å². The van der Waals surface area contributed by atoms with Gasteiger partial charge in [0, 0.05) is 25.2 Å². The molecule has 148 valence electrons. The Bertz CT molecular complexity index is 961. The molecule has 2 atom stereocenters. The topological polar surface area (TPSA) is 63.1 Å². The first kappa shape index (κ1) is 20.4. The van der Waals surface area contributed by atoms with E-state index in [1.54, 1.807) is 21.7 Å². The largest absolute Gasteiger partial charge is 0.330 e. The van der Waals surface area contributed by atoms with Crippen LogP contribution in [0.5, 0.6) is 0 Å². The van der Waals surface area contributed by atoms with Crippen molar-refractivity contribution >= 4 is 29.7 Å². The Kier molecular flexibility index (Phi) is 6.12. The minimum absolute atomic E-state index is 0. The van der Waals surface area contributed by atoms with Crippen LogP contribution in [0.4, 0.5) is 4.39 Å². The molecule has 1 N–H and O–H groups in total. The second kappa shape index (κ2) is 8.38. The second-order valence-corrected chi connectivity index (χ2v) is 7.56. The lowest BCUT2D eigenvalue weighted by molar-refractivity contribution is 0.0590. The molecule has 6 nitrogen and oxygen atoms in total. The Morgan fingerprint density at radius 1 is 1.29 bits per heavy atom. The molecule has 2 aromatic heterocycles. The van der Waals surface area contributed by atoms with E-state index < -0.39 is 0 Å². The molecular formula is C19H21ClFN5OS. The van der Waals surface area contributed by atoms with Crippen molar-refractivity contribution in [3.8, 4) is 16.4 Å². The summed E-state index contributed by atoms with van der Waals surface area (Å²) in [6, 6.07) is 10.2. The van der Waals surface area contributed by atoms with Gasteiger partial charge in [-0.3, -0.25) is 4.79 Å². The van der Waals surface area contributed by atoms with Crippen LogP contribution in [-0.4, -0.2) is 50.7 Å². The number of thiophene rings is 1. The summed E-state index contributed by atoms with van der Waals surface area (Å²) in [5, 5.41) is 9.74. The van der Waals surface area contributed by atoms with Crippen molar-refractivity contribution in [3.05, 3.63) is 53.4 Å². The van der Waals surface area contributed by atoms with E-state index in [-0.39, 0.29) is 42.0 Å². The minimum atomic E-state index is -0.363. The highest BCUT2D eigenvalue weighted by Crippen LogP contribution is 2.26. The summed E-state index contributed by atoms with van der Waals surface area (Å²) in [6.45, 7) is 5.41. The number of rotatable bonds is 3. The number of benzene rings is 1. The van der Waals surface area contributed by atoms with Gasteiger partial charge in [-0.1, -0.05) is 12.1 Å². The third kappa shape index (κ3) is 3.80. The maximum atomic E-state index is 13.7. The summed E-state index contributed by atoms with van der Waals surface area (Å²) < 4.78 is 15.3. The van der Waals surface area contributed by atoms with Gasteiger partial charge in [0.15, 0.2) is 5.82 Å². The highest BCUT2D eigenvalue weighted by Gasteiger charge is 2.31. The number of carbonyl (C=O) groups is 1. The van der Waals surface area contributed by atoms with Gasteiger partial charge in [0.25, 0.3) is 5.91 Å². The summed E-state index contributed by atoms with van der Waals surface area (Å²) in [4.78, 5) is 20.3. The first-order chi connectivity index (χ1) is 13.0. The zero-order valence-electron chi connectivity index (χ0n) is 15.5. The highest BCUT2D eigenvalue weighted by atomic mass is 35.5. The summed E-state index contributed by atoms with van der Waals surface area (Å²) in [6.07, 6.45) is 0. The number of hydrogen-bond donors (Lipinski definition) is 1. The molecule has 2 unspecified atom stereocenters. The van der Waals surface area contributed by atoms with Gasteiger partial charge in [-0.05, 0) is 43.5 Å². The van der Waals surface area contributed by atoms with Crippen molar-refractivity contribution in [1.82, 2.24) is 25.0 Å². The normalized spacial score (nSPS) is 19.3. The molecule has 0 spiro atoms. The van der Waals surface area contributed by atoms with Crippen LogP contribution >= 0.6 is 23.7 Å². The quantitative estimate of drug-likeness (QED) is 0.704. The van der Waals surface area contributed by atoms with Gasteiger partial charge >= 0.3 is 0 Å². The van der Waals surface area contributed by atoms with E-state index in [9.17, 15) is 9.18 Å². The minimum Gasteiger partial charge on any atom is -0.330 e. The molecule has 0 bridgehead atoms. The number of nitrogens with one attached hydrogen (secondary N) is 1. The molecule has 1 amide bonds. The molecule has 1 aromatic carbocycles. The van der Waals surface area contributed by atoms with Gasteiger partial charge in [-0.2, -0.15) is 0 Å². The first-order valence-corrected chi connectivity index (χ1v) is 9.74. The van der Waals surface area contributed by atoms with Crippen LogP contribution in [0, 0.1) is 5.82 Å². The van der Waals surface area contributed by atoms with E-state index >= 15 is 0 Å². The number of aromatic nitrogens is 3. The zero-order valence-corrected chi connectivity index (χ0v) is 17.1. The molecule has 1 saturated heterocycles. The summed E-state index contributed by atoms with van der Waals surface area (Å²) in [7, 11) is 0. The predicted molar refractivity (Wildman–Crippen MR) is 110 cm³/mol. The van der Waals surface area contributed by atoms with E-state index in [2.05, 4.69) is 22.3 Å². The molecule has 1 aliphatic rings. The van der Waals surface area contributed by atoms with E-state index in [0.717, 1.165) is 11.4 Å². The maximum absolute atomic E-state index is 13.7. The molecule has 3 heterocycles. The van der Waals surface area contributed by atoms with E-state index in [4.69, 9.17) is 0 Å². The van der Waals surface area contributed by atoms with Crippen molar-refractivity contribution in [3.63, 3.8) is 0 Å². The third-order valence-electron chi connectivity index (χ3n) is 4.89. The lowest BCUT2D eigenvalue weighted by atomic mass is 10.1. The zero-order chi connectivity index (χ0) is 19.0. The van der Waals surface area contributed by atoms with Crippen LogP contribution in [0.3, 0.4) is 0 Å². The van der Waals surface area contributed by atoms with Gasteiger partial charge in [0.1, 0.15) is 5.82 Å². The van der Waals surface area contributed by atoms with Crippen LogP contribution in [0.1, 0.15) is 24.5 Å². The lowest BCUT2D eigenvalue weighted by Crippen LogP contribution is -2.57. The smallest absolute Gasteiger partial charge is 0.293 e. The molecule has 0 aliphatic carbocycles. The van der Waals surface area contributed by atoms with Crippen LogP contribution in [-0.2, 0) is 0 Å². The summed E-state index contributed by atoms with van der Waals surface area (Å²) in [5.41, 5.74) is 0.534. The van der Waals surface area contributed by atoms with Crippen molar-refractivity contribution in [2.24, 2.45) is 0 Å². The van der Waals surface area contributed by atoms with Gasteiger partial charge in [0.05, 0.1) is 10.6 Å². The van der Waals surface area contributed by atoms with Gasteiger partial charge < -0.3 is 10.2 Å².